The third-order valence-corrected chi connectivity index (χ3v) is 5.09. The maximum absolute atomic E-state index is 13.4. The van der Waals surface area contributed by atoms with Crippen molar-refractivity contribution in [2.75, 3.05) is 20.2 Å². The third kappa shape index (κ3) is 5.48. The smallest absolute Gasteiger partial charge is 0.321 e. The van der Waals surface area contributed by atoms with Crippen molar-refractivity contribution in [1.29, 1.82) is 0 Å². The minimum absolute atomic E-state index is 0.304. The van der Waals surface area contributed by atoms with Crippen molar-refractivity contribution in [3.63, 3.8) is 0 Å². The van der Waals surface area contributed by atoms with Crippen molar-refractivity contribution < 1.29 is 23.7 Å². The summed E-state index contributed by atoms with van der Waals surface area (Å²) in [6.07, 6.45) is 2.86. The highest BCUT2D eigenvalue weighted by Gasteiger charge is 2.30. The minimum atomic E-state index is -0.665. The quantitative estimate of drug-likeness (QED) is 0.621. The molecule has 1 aliphatic rings. The Labute approximate surface area is 180 Å². The first kappa shape index (κ1) is 21.0. The lowest BCUT2D eigenvalue weighted by Crippen LogP contribution is -2.48. The summed E-state index contributed by atoms with van der Waals surface area (Å²) in [7, 11) is 1.46. The normalized spacial score (nSPS) is 19.1. The van der Waals surface area contributed by atoms with Crippen LogP contribution in [0.3, 0.4) is 0 Å². The second kappa shape index (κ2) is 9.72. The molecule has 8 heteroatoms. The summed E-state index contributed by atoms with van der Waals surface area (Å²) in [4.78, 5) is 10.3. The monoisotopic (exact) mass is 425 g/mol. The van der Waals surface area contributed by atoms with Crippen LogP contribution in [-0.2, 0) is 6.54 Å². The van der Waals surface area contributed by atoms with E-state index in [9.17, 15) is 9.50 Å². The van der Waals surface area contributed by atoms with Crippen molar-refractivity contribution in [3.05, 3.63) is 72.3 Å². The minimum Gasteiger partial charge on any atom is -0.493 e. The highest BCUT2D eigenvalue weighted by molar-refractivity contribution is 5.40. The van der Waals surface area contributed by atoms with Crippen LogP contribution < -0.4 is 14.2 Å². The van der Waals surface area contributed by atoms with E-state index in [4.69, 9.17) is 14.2 Å². The van der Waals surface area contributed by atoms with Gasteiger partial charge < -0.3 is 19.3 Å². The number of β-amino-alcohol motifs (C(OH)–C–C–N with tert-alkyl or cyclic N) is 1. The molecule has 0 radical (unpaired) electrons. The molecule has 0 saturated carbocycles. The van der Waals surface area contributed by atoms with E-state index >= 15 is 0 Å². The van der Waals surface area contributed by atoms with E-state index in [0.29, 0.717) is 42.8 Å². The van der Waals surface area contributed by atoms with Crippen molar-refractivity contribution in [2.24, 2.45) is 0 Å². The average molecular weight is 425 g/mol. The fourth-order valence-corrected chi connectivity index (χ4v) is 3.52. The molecule has 0 unspecified atom stereocenters. The van der Waals surface area contributed by atoms with E-state index in [1.165, 1.54) is 25.3 Å². The Kier molecular flexibility index (Phi) is 6.59. The number of ether oxygens (including phenoxy) is 3. The summed E-state index contributed by atoms with van der Waals surface area (Å²) in [6, 6.07) is 13.9. The van der Waals surface area contributed by atoms with Gasteiger partial charge in [0.15, 0.2) is 11.5 Å². The molecule has 1 aromatic heterocycles. The summed E-state index contributed by atoms with van der Waals surface area (Å²) in [6.45, 7) is 1.94. The van der Waals surface area contributed by atoms with Crippen molar-refractivity contribution >= 4 is 0 Å². The number of likely N-dealkylation sites (tertiary alicyclic amines) is 1. The van der Waals surface area contributed by atoms with Crippen LogP contribution in [0.4, 0.5) is 4.39 Å². The van der Waals surface area contributed by atoms with Crippen molar-refractivity contribution in [1.82, 2.24) is 14.9 Å². The molecule has 0 aliphatic carbocycles. The van der Waals surface area contributed by atoms with Gasteiger partial charge in [-0.25, -0.2) is 14.4 Å². The van der Waals surface area contributed by atoms with E-state index in [2.05, 4.69) is 14.9 Å². The Morgan fingerprint density at radius 1 is 1.10 bits per heavy atom. The number of halogens is 1. The van der Waals surface area contributed by atoms with E-state index in [1.54, 1.807) is 18.5 Å². The van der Waals surface area contributed by atoms with E-state index < -0.39 is 11.9 Å². The summed E-state index contributed by atoms with van der Waals surface area (Å²) in [5.41, 5.74) is 1.10. The summed E-state index contributed by atoms with van der Waals surface area (Å²) in [5.74, 6) is 1.01. The molecular weight excluding hydrogens is 401 g/mol. The first-order valence-corrected chi connectivity index (χ1v) is 10.0. The van der Waals surface area contributed by atoms with Crippen LogP contribution >= 0.6 is 0 Å². The van der Waals surface area contributed by atoms with Crippen LogP contribution in [0.25, 0.3) is 0 Å². The molecule has 4 rings (SSSR count). The summed E-state index contributed by atoms with van der Waals surface area (Å²) >= 11 is 0. The van der Waals surface area contributed by atoms with Gasteiger partial charge >= 0.3 is 6.01 Å². The lowest BCUT2D eigenvalue weighted by Gasteiger charge is -2.36. The van der Waals surface area contributed by atoms with Gasteiger partial charge in [-0.15, -0.1) is 0 Å². The van der Waals surface area contributed by atoms with Gasteiger partial charge in [0.1, 0.15) is 23.8 Å². The van der Waals surface area contributed by atoms with E-state index in [-0.39, 0.29) is 6.10 Å². The molecule has 1 saturated heterocycles. The number of rotatable bonds is 7. The Morgan fingerprint density at radius 3 is 2.58 bits per heavy atom. The Bertz CT molecular complexity index is 988. The lowest BCUT2D eigenvalue weighted by molar-refractivity contribution is -0.0283. The standard InChI is InChI=1S/C23H24FN3O4/c1-29-22-13-17(24)5-8-21(22)31-20-9-12-27(15-19(20)28)14-16-3-6-18(7-4-16)30-23-25-10-2-11-26-23/h2-8,10-11,13,19-20,28H,9,12,14-15H2,1H3/t19-,20-/m1/s1. The van der Waals surface area contributed by atoms with Crippen LogP contribution in [0.5, 0.6) is 23.3 Å². The van der Waals surface area contributed by atoms with Crippen LogP contribution in [0, 0.1) is 5.82 Å². The van der Waals surface area contributed by atoms with Gasteiger partial charge in [-0.05, 0) is 42.3 Å². The molecule has 2 aromatic carbocycles. The van der Waals surface area contributed by atoms with Crippen LogP contribution in [0.15, 0.2) is 60.9 Å². The molecule has 3 aromatic rings. The highest BCUT2D eigenvalue weighted by atomic mass is 19.1. The number of aromatic nitrogens is 2. The molecule has 1 fully saturated rings. The number of hydrogen-bond donors (Lipinski definition) is 1. The number of aliphatic hydroxyl groups excluding tert-OH is 1. The van der Waals surface area contributed by atoms with Gasteiger partial charge in [-0.1, -0.05) is 12.1 Å². The summed E-state index contributed by atoms with van der Waals surface area (Å²) in [5, 5.41) is 10.6. The number of benzene rings is 2. The zero-order chi connectivity index (χ0) is 21.6. The SMILES string of the molecule is COc1cc(F)ccc1O[C@@H]1CCN(Cc2ccc(Oc3ncccn3)cc2)C[C@H]1O. The number of methoxy groups -OCH3 is 1. The zero-order valence-corrected chi connectivity index (χ0v) is 17.1. The molecule has 31 heavy (non-hydrogen) atoms. The molecular formula is C23H24FN3O4. The Morgan fingerprint density at radius 2 is 1.87 bits per heavy atom. The largest absolute Gasteiger partial charge is 0.493 e. The summed E-state index contributed by atoms with van der Waals surface area (Å²) < 4.78 is 30.1. The topological polar surface area (TPSA) is 76.9 Å². The van der Waals surface area contributed by atoms with Gasteiger partial charge in [-0.3, -0.25) is 4.90 Å². The fraction of sp³-hybridized carbons (Fsp3) is 0.304. The average Bonchev–Trinajstić information content (AvgIpc) is 2.78. The molecule has 162 valence electrons. The number of aliphatic hydroxyl groups is 1. The first-order valence-electron chi connectivity index (χ1n) is 10.0. The third-order valence-electron chi connectivity index (χ3n) is 5.09. The van der Waals surface area contributed by atoms with Gasteiger partial charge in [0.05, 0.1) is 7.11 Å². The number of hydrogen-bond acceptors (Lipinski definition) is 7. The van der Waals surface area contributed by atoms with Crippen LogP contribution in [0.1, 0.15) is 12.0 Å². The van der Waals surface area contributed by atoms with Crippen LogP contribution in [-0.4, -0.2) is 52.4 Å². The predicted octanol–water partition coefficient (Wildman–Crippen LogP) is 3.43. The Balaban J connectivity index is 1.31. The molecule has 0 amide bonds. The zero-order valence-electron chi connectivity index (χ0n) is 17.1. The van der Waals surface area contributed by atoms with Crippen LogP contribution in [0.2, 0.25) is 0 Å². The van der Waals surface area contributed by atoms with Gasteiger partial charge in [0, 0.05) is 38.1 Å². The second-order valence-corrected chi connectivity index (χ2v) is 7.32. The van der Waals surface area contributed by atoms with Crippen molar-refractivity contribution in [3.8, 4) is 23.3 Å². The number of piperidine rings is 1. The van der Waals surface area contributed by atoms with Crippen molar-refractivity contribution in [2.45, 2.75) is 25.2 Å². The lowest BCUT2D eigenvalue weighted by atomic mass is 10.0. The molecule has 2 atom stereocenters. The predicted molar refractivity (Wildman–Crippen MR) is 112 cm³/mol. The van der Waals surface area contributed by atoms with Gasteiger partial charge in [0.2, 0.25) is 0 Å². The van der Waals surface area contributed by atoms with E-state index in [0.717, 1.165) is 12.1 Å². The van der Waals surface area contributed by atoms with Gasteiger partial charge in [-0.2, -0.15) is 0 Å². The molecule has 0 spiro atoms. The Hall–Kier alpha value is -3.23. The molecule has 1 aliphatic heterocycles. The fourth-order valence-electron chi connectivity index (χ4n) is 3.52. The number of nitrogens with zero attached hydrogens (tertiary/aromatic N) is 3. The molecule has 7 nitrogen and oxygen atoms in total. The molecule has 0 bridgehead atoms. The maximum atomic E-state index is 13.4. The maximum Gasteiger partial charge on any atom is 0.321 e. The van der Waals surface area contributed by atoms with E-state index in [1.807, 2.05) is 24.3 Å². The van der Waals surface area contributed by atoms with Gasteiger partial charge in [0.25, 0.3) is 0 Å². The highest BCUT2D eigenvalue weighted by Crippen LogP contribution is 2.30. The molecule has 1 N–H and O–H groups in total. The molecule has 2 heterocycles. The first-order chi connectivity index (χ1) is 15.1. The second-order valence-electron chi connectivity index (χ2n) is 7.32.